The van der Waals surface area contributed by atoms with Crippen LogP contribution in [-0.4, -0.2) is 6.16 Å². The Morgan fingerprint density at radius 1 is 0.759 bits per heavy atom. The molecule has 3 aromatic rings. The van der Waals surface area contributed by atoms with Crippen molar-refractivity contribution in [2.75, 3.05) is 6.16 Å². The van der Waals surface area contributed by atoms with Crippen molar-refractivity contribution >= 4 is 13.2 Å². The van der Waals surface area contributed by atoms with E-state index in [2.05, 4.69) is 104 Å². The molecule has 1 heteroatoms. The standard InChI is InChI=1S/C28H31P/c1-2-3-4-8-19-26-22-23-29(27-20-13-7-14-21-27)28(26,24-15-9-5-10-16-24)25-17-11-6-12-18-25/h5-7,9-21H,2-4,8,22-23H2,1H3. The van der Waals surface area contributed by atoms with Gasteiger partial charge in [0.15, 0.2) is 0 Å². The van der Waals surface area contributed by atoms with E-state index in [1.807, 2.05) is 0 Å². The fraction of sp³-hybridized carbons (Fsp3) is 0.286. The van der Waals surface area contributed by atoms with Gasteiger partial charge in [-0.2, -0.15) is 0 Å². The number of benzene rings is 3. The SMILES string of the molecule is CCCCCC=C1CCP(c2ccccc2)C1(c1ccccc1)c1ccccc1. The van der Waals surface area contributed by atoms with Crippen LogP contribution < -0.4 is 5.30 Å². The van der Waals surface area contributed by atoms with Crippen molar-refractivity contribution < 1.29 is 0 Å². The fourth-order valence-corrected chi connectivity index (χ4v) is 8.26. The van der Waals surface area contributed by atoms with E-state index in [-0.39, 0.29) is 13.1 Å². The molecule has 3 aromatic carbocycles. The van der Waals surface area contributed by atoms with Gasteiger partial charge in [0.2, 0.25) is 0 Å². The van der Waals surface area contributed by atoms with Crippen LogP contribution in [0.5, 0.6) is 0 Å². The van der Waals surface area contributed by atoms with Crippen LogP contribution in [0.2, 0.25) is 0 Å². The Hall–Kier alpha value is -2.17. The zero-order chi connectivity index (χ0) is 19.9. The van der Waals surface area contributed by atoms with Crippen molar-refractivity contribution in [2.24, 2.45) is 0 Å². The Morgan fingerprint density at radius 2 is 1.31 bits per heavy atom. The molecule has 0 nitrogen and oxygen atoms in total. The molecule has 1 atom stereocenters. The normalized spacial score (nSPS) is 19.5. The van der Waals surface area contributed by atoms with Crippen LogP contribution in [0.3, 0.4) is 0 Å². The summed E-state index contributed by atoms with van der Waals surface area (Å²) in [4.78, 5) is 0. The van der Waals surface area contributed by atoms with E-state index in [9.17, 15) is 0 Å². The molecule has 1 heterocycles. The average Bonchev–Trinajstić information content (AvgIpc) is 3.18. The summed E-state index contributed by atoms with van der Waals surface area (Å²) in [6.45, 7) is 2.29. The summed E-state index contributed by atoms with van der Waals surface area (Å²) in [5, 5.41) is 1.51. The minimum absolute atomic E-state index is 0.00851. The van der Waals surface area contributed by atoms with Crippen molar-refractivity contribution in [2.45, 2.75) is 44.2 Å². The summed E-state index contributed by atoms with van der Waals surface area (Å²) >= 11 is 0. The predicted molar refractivity (Wildman–Crippen MR) is 128 cm³/mol. The number of hydrogen-bond acceptors (Lipinski definition) is 0. The maximum Gasteiger partial charge on any atom is 0.0650 e. The largest absolute Gasteiger partial charge is 0.0837 e. The highest BCUT2D eigenvalue weighted by Gasteiger charge is 2.49. The number of allylic oxidation sites excluding steroid dienone is 2. The van der Waals surface area contributed by atoms with Crippen molar-refractivity contribution in [3.8, 4) is 0 Å². The molecule has 0 radical (unpaired) electrons. The van der Waals surface area contributed by atoms with Crippen molar-refractivity contribution in [3.05, 3.63) is 114 Å². The van der Waals surface area contributed by atoms with Gasteiger partial charge in [0.25, 0.3) is 0 Å². The maximum atomic E-state index is 2.60. The molecule has 1 aliphatic rings. The molecule has 1 saturated heterocycles. The third-order valence-corrected chi connectivity index (χ3v) is 9.33. The zero-order valence-corrected chi connectivity index (χ0v) is 18.3. The quantitative estimate of drug-likeness (QED) is 0.218. The molecule has 0 aromatic heterocycles. The molecule has 0 bridgehead atoms. The lowest BCUT2D eigenvalue weighted by atomic mass is 9.82. The van der Waals surface area contributed by atoms with E-state index >= 15 is 0 Å². The van der Waals surface area contributed by atoms with Crippen LogP contribution in [0.15, 0.2) is 103 Å². The first-order valence-electron chi connectivity index (χ1n) is 11.0. The van der Waals surface area contributed by atoms with Gasteiger partial charge in [-0.15, -0.1) is 0 Å². The van der Waals surface area contributed by atoms with Gasteiger partial charge in [-0.1, -0.05) is 130 Å². The molecule has 0 saturated carbocycles. The van der Waals surface area contributed by atoms with Crippen LogP contribution in [0.4, 0.5) is 0 Å². The topological polar surface area (TPSA) is 0 Å². The van der Waals surface area contributed by atoms with E-state index < -0.39 is 0 Å². The summed E-state index contributed by atoms with van der Waals surface area (Å²) < 4.78 is 0. The molecule has 1 unspecified atom stereocenters. The zero-order valence-electron chi connectivity index (χ0n) is 17.4. The maximum absolute atomic E-state index is 2.60. The Kier molecular flexibility index (Phi) is 6.63. The molecule has 0 aliphatic carbocycles. The minimum Gasteiger partial charge on any atom is -0.0837 e. The van der Waals surface area contributed by atoms with Crippen LogP contribution >= 0.6 is 7.92 Å². The van der Waals surface area contributed by atoms with Gasteiger partial charge >= 0.3 is 0 Å². The Bertz CT molecular complexity index is 873. The minimum atomic E-state index is -0.373. The molecule has 0 N–H and O–H groups in total. The van der Waals surface area contributed by atoms with Crippen molar-refractivity contribution in [1.29, 1.82) is 0 Å². The summed E-state index contributed by atoms with van der Waals surface area (Å²) in [7, 11) is -0.373. The number of rotatable bonds is 7. The Morgan fingerprint density at radius 3 is 1.86 bits per heavy atom. The second-order valence-electron chi connectivity index (χ2n) is 7.90. The van der Waals surface area contributed by atoms with E-state index in [1.165, 1.54) is 54.7 Å². The molecule has 1 aliphatic heterocycles. The van der Waals surface area contributed by atoms with Crippen LogP contribution in [0, 0.1) is 0 Å². The van der Waals surface area contributed by atoms with Crippen LogP contribution in [-0.2, 0) is 5.16 Å². The number of unbranched alkanes of at least 4 members (excludes halogenated alkanes) is 3. The molecule has 1 fully saturated rings. The van der Waals surface area contributed by atoms with Gasteiger partial charge in [-0.3, -0.25) is 0 Å². The summed E-state index contributed by atoms with van der Waals surface area (Å²) in [6.07, 6.45) is 10.2. The third kappa shape index (κ3) is 3.96. The first-order valence-corrected chi connectivity index (χ1v) is 12.5. The lowest BCUT2D eigenvalue weighted by Crippen LogP contribution is -2.28. The first-order chi connectivity index (χ1) is 14.4. The highest BCUT2D eigenvalue weighted by Crippen LogP contribution is 2.68. The molecule has 148 valence electrons. The van der Waals surface area contributed by atoms with Gasteiger partial charge in [-0.05, 0) is 41.9 Å². The van der Waals surface area contributed by atoms with Crippen LogP contribution in [0.25, 0.3) is 0 Å². The van der Waals surface area contributed by atoms with Gasteiger partial charge in [-0.25, -0.2) is 0 Å². The summed E-state index contributed by atoms with van der Waals surface area (Å²) in [5.41, 5.74) is 4.56. The monoisotopic (exact) mass is 398 g/mol. The average molecular weight is 399 g/mol. The van der Waals surface area contributed by atoms with Crippen molar-refractivity contribution in [1.82, 2.24) is 0 Å². The first kappa shape index (κ1) is 20.1. The fourth-order valence-electron chi connectivity index (χ4n) is 4.81. The molecule has 0 spiro atoms. The molecular weight excluding hydrogens is 367 g/mol. The molecule has 0 amide bonds. The Balaban J connectivity index is 1.91. The lowest BCUT2D eigenvalue weighted by Gasteiger charge is -2.39. The van der Waals surface area contributed by atoms with Gasteiger partial charge in [0, 0.05) is 0 Å². The van der Waals surface area contributed by atoms with Crippen molar-refractivity contribution in [3.63, 3.8) is 0 Å². The molecule has 29 heavy (non-hydrogen) atoms. The lowest BCUT2D eigenvalue weighted by molar-refractivity contribution is 0.720. The molecular formula is C28H31P. The van der Waals surface area contributed by atoms with Gasteiger partial charge in [0.05, 0.1) is 5.16 Å². The summed E-state index contributed by atoms with van der Waals surface area (Å²) in [5.74, 6) is 0. The third-order valence-electron chi connectivity index (χ3n) is 6.12. The summed E-state index contributed by atoms with van der Waals surface area (Å²) in [6, 6.07) is 33.8. The second kappa shape index (κ2) is 9.55. The highest BCUT2D eigenvalue weighted by molar-refractivity contribution is 7.67. The number of hydrogen-bond donors (Lipinski definition) is 0. The van der Waals surface area contributed by atoms with E-state index in [1.54, 1.807) is 5.57 Å². The smallest absolute Gasteiger partial charge is 0.0650 e. The second-order valence-corrected chi connectivity index (χ2v) is 10.4. The predicted octanol–water partition coefficient (Wildman–Crippen LogP) is 7.65. The molecule has 4 rings (SSSR count). The van der Waals surface area contributed by atoms with E-state index in [0.717, 1.165) is 0 Å². The van der Waals surface area contributed by atoms with E-state index in [4.69, 9.17) is 0 Å². The van der Waals surface area contributed by atoms with Gasteiger partial charge < -0.3 is 0 Å². The Labute approximate surface area is 177 Å². The van der Waals surface area contributed by atoms with Gasteiger partial charge in [0.1, 0.15) is 0 Å². The highest BCUT2D eigenvalue weighted by atomic mass is 31.1. The van der Waals surface area contributed by atoms with Crippen LogP contribution in [0.1, 0.15) is 50.2 Å². The van der Waals surface area contributed by atoms with E-state index in [0.29, 0.717) is 0 Å².